The molecule has 13 heteroatoms. The molecule has 2 heterocycles. The highest BCUT2D eigenvalue weighted by Crippen LogP contribution is 2.39. The summed E-state index contributed by atoms with van der Waals surface area (Å²) < 4.78 is 5.54. The minimum atomic E-state index is -0.412. The van der Waals surface area contributed by atoms with E-state index in [4.69, 9.17) is 4.74 Å². The number of hydrogen-bond donors (Lipinski definition) is 2. The Bertz CT molecular complexity index is 1360. The maximum absolute atomic E-state index is 11.9. The van der Waals surface area contributed by atoms with Crippen LogP contribution >= 0.6 is 0 Å². The minimum absolute atomic E-state index is 0.0560. The van der Waals surface area contributed by atoms with E-state index in [1.165, 1.54) is 18.0 Å². The Hall–Kier alpha value is -4.78. The van der Waals surface area contributed by atoms with Crippen LogP contribution in [0, 0.1) is 10.1 Å². The van der Waals surface area contributed by atoms with Gasteiger partial charge in [0, 0.05) is 38.5 Å². The van der Waals surface area contributed by atoms with E-state index in [2.05, 4.69) is 30.8 Å². The molecule has 0 spiro atoms. The number of aromatic nitrogens is 5. The molecule has 37 heavy (non-hydrogen) atoms. The molecule has 0 aliphatic rings. The van der Waals surface area contributed by atoms with Crippen LogP contribution in [-0.2, 0) is 0 Å². The van der Waals surface area contributed by atoms with Crippen LogP contribution in [0.4, 0.5) is 34.5 Å². The fourth-order valence-corrected chi connectivity index (χ4v) is 3.59. The summed E-state index contributed by atoms with van der Waals surface area (Å²) in [4.78, 5) is 25.6. The van der Waals surface area contributed by atoms with Gasteiger partial charge in [-0.2, -0.15) is 15.2 Å². The number of nitro benzene ring substituents is 1. The molecule has 0 fully saturated rings. The van der Waals surface area contributed by atoms with Gasteiger partial charge in [-0.25, -0.2) is 4.98 Å². The second-order valence-corrected chi connectivity index (χ2v) is 8.37. The Labute approximate surface area is 213 Å². The van der Waals surface area contributed by atoms with Gasteiger partial charge in [0.2, 0.25) is 5.95 Å². The largest absolute Gasteiger partial charge is 0.494 e. The van der Waals surface area contributed by atoms with Crippen molar-refractivity contribution in [2.24, 2.45) is 0 Å². The highest BCUT2D eigenvalue weighted by atomic mass is 16.6. The van der Waals surface area contributed by atoms with Crippen LogP contribution in [0.1, 0.15) is 0 Å². The van der Waals surface area contributed by atoms with Gasteiger partial charge in [-0.05, 0) is 32.3 Å². The summed E-state index contributed by atoms with van der Waals surface area (Å²) in [6, 6.07) is 12.3. The molecule has 0 aliphatic carbocycles. The monoisotopic (exact) mass is 504 g/mol. The second kappa shape index (κ2) is 11.3. The molecule has 2 aromatic carbocycles. The molecule has 0 amide bonds. The highest BCUT2D eigenvalue weighted by molar-refractivity contribution is 5.77. The number of anilines is 5. The molecule has 0 atom stereocenters. The third-order valence-corrected chi connectivity index (χ3v) is 5.49. The number of likely N-dealkylation sites (N-methyl/N-ethyl adjacent to an activating group) is 2. The van der Waals surface area contributed by atoms with Crippen LogP contribution in [-0.4, -0.2) is 76.1 Å². The fourth-order valence-electron chi connectivity index (χ4n) is 3.59. The number of nitrogens with zero attached hydrogens (tertiary/aromatic N) is 8. The zero-order chi connectivity index (χ0) is 26.4. The molecule has 13 nitrogen and oxygen atoms in total. The number of hydrogen-bond acceptors (Lipinski definition) is 11. The van der Waals surface area contributed by atoms with Crippen molar-refractivity contribution in [1.29, 1.82) is 0 Å². The van der Waals surface area contributed by atoms with Crippen molar-refractivity contribution in [2.75, 3.05) is 56.9 Å². The molecule has 192 valence electrons. The average molecular weight is 505 g/mol. The predicted octanol–water partition coefficient (Wildman–Crippen LogP) is 3.46. The first-order chi connectivity index (χ1) is 17.9. The zero-order valence-corrected chi connectivity index (χ0v) is 21.0. The van der Waals surface area contributed by atoms with E-state index >= 15 is 0 Å². The molecular formula is C24H28N10O3. The molecule has 0 aliphatic heterocycles. The highest BCUT2D eigenvalue weighted by Gasteiger charge is 2.22. The first-order valence-corrected chi connectivity index (χ1v) is 11.4. The summed E-state index contributed by atoms with van der Waals surface area (Å²) >= 11 is 0. The number of methoxy groups -OCH3 is 1. The molecule has 0 radical (unpaired) electrons. The zero-order valence-electron chi connectivity index (χ0n) is 21.0. The summed E-state index contributed by atoms with van der Waals surface area (Å²) in [5.41, 5.74) is 2.25. The van der Waals surface area contributed by atoms with E-state index in [-0.39, 0.29) is 11.6 Å². The molecule has 0 saturated carbocycles. The quantitative estimate of drug-likeness (QED) is 0.229. The number of nitrogens with one attached hydrogen (secondary N) is 2. The lowest BCUT2D eigenvalue weighted by Crippen LogP contribution is -2.28. The van der Waals surface area contributed by atoms with Crippen LogP contribution < -0.4 is 20.3 Å². The number of ether oxygens (including phenoxy) is 1. The maximum atomic E-state index is 11.9. The van der Waals surface area contributed by atoms with Gasteiger partial charge in [-0.15, -0.1) is 4.80 Å². The van der Waals surface area contributed by atoms with Gasteiger partial charge in [0.15, 0.2) is 0 Å². The summed E-state index contributed by atoms with van der Waals surface area (Å²) in [7, 11) is 7.22. The van der Waals surface area contributed by atoms with Crippen LogP contribution in [0.3, 0.4) is 0 Å². The number of rotatable bonds is 11. The SMILES string of the molecule is COc1cc(N(C)CCN(C)C)c([N+](=O)[O-])cc1Nc1nccc(Nc2ccccc2-n2nccn2)n1. The van der Waals surface area contributed by atoms with Gasteiger partial charge in [0.25, 0.3) is 5.69 Å². The Morgan fingerprint density at radius 2 is 1.76 bits per heavy atom. The topological polar surface area (TPSA) is 139 Å². The third-order valence-electron chi connectivity index (χ3n) is 5.49. The van der Waals surface area contributed by atoms with Crippen molar-refractivity contribution in [1.82, 2.24) is 29.9 Å². The molecular weight excluding hydrogens is 476 g/mol. The van der Waals surface area contributed by atoms with E-state index in [1.54, 1.807) is 30.7 Å². The molecule has 0 bridgehead atoms. The normalized spacial score (nSPS) is 10.8. The van der Waals surface area contributed by atoms with Crippen molar-refractivity contribution in [3.8, 4) is 11.4 Å². The van der Waals surface area contributed by atoms with Crippen molar-refractivity contribution in [3.05, 3.63) is 71.2 Å². The Morgan fingerprint density at radius 3 is 2.46 bits per heavy atom. The smallest absolute Gasteiger partial charge is 0.294 e. The van der Waals surface area contributed by atoms with E-state index in [9.17, 15) is 10.1 Å². The lowest BCUT2D eigenvalue weighted by atomic mass is 10.2. The van der Waals surface area contributed by atoms with E-state index in [1.807, 2.05) is 55.2 Å². The number of benzene rings is 2. The average Bonchev–Trinajstić information content (AvgIpc) is 3.42. The summed E-state index contributed by atoms with van der Waals surface area (Å²) in [6.45, 7) is 1.35. The van der Waals surface area contributed by atoms with Gasteiger partial charge in [0.1, 0.15) is 22.9 Å². The van der Waals surface area contributed by atoms with Gasteiger partial charge in [0.05, 0.1) is 35.8 Å². The second-order valence-electron chi connectivity index (χ2n) is 8.37. The van der Waals surface area contributed by atoms with Gasteiger partial charge in [-0.3, -0.25) is 10.1 Å². The van der Waals surface area contributed by atoms with E-state index in [0.29, 0.717) is 29.5 Å². The van der Waals surface area contributed by atoms with Crippen LogP contribution in [0.25, 0.3) is 5.69 Å². The number of nitro groups is 1. The number of para-hydroxylation sites is 2. The maximum Gasteiger partial charge on any atom is 0.294 e. The van der Waals surface area contributed by atoms with Gasteiger partial charge < -0.3 is 25.2 Å². The standard InChI is InChI=1S/C24H28N10O3/c1-31(2)13-14-32(3)20-16-22(37-4)18(15-21(20)34(35)36)29-24-25-10-9-23(30-24)28-17-7-5-6-8-19(17)33-26-11-12-27-33/h5-12,15-16H,13-14H2,1-4H3,(H2,25,28,29,30). The van der Waals surface area contributed by atoms with Crippen molar-refractivity contribution >= 4 is 34.5 Å². The Balaban J connectivity index is 1.61. The Morgan fingerprint density at radius 1 is 1.00 bits per heavy atom. The minimum Gasteiger partial charge on any atom is -0.494 e. The van der Waals surface area contributed by atoms with Crippen LogP contribution in [0.2, 0.25) is 0 Å². The van der Waals surface area contributed by atoms with Gasteiger partial charge in [-0.1, -0.05) is 12.1 Å². The third kappa shape index (κ3) is 6.08. The van der Waals surface area contributed by atoms with Gasteiger partial charge >= 0.3 is 0 Å². The van der Waals surface area contributed by atoms with Crippen LogP contribution in [0.5, 0.6) is 5.75 Å². The summed E-state index contributed by atoms with van der Waals surface area (Å²) in [5, 5.41) is 26.6. The summed E-state index contributed by atoms with van der Waals surface area (Å²) in [5.74, 6) is 1.17. The first kappa shape index (κ1) is 25.3. The molecule has 2 aromatic heterocycles. The lowest BCUT2D eigenvalue weighted by Gasteiger charge is -2.22. The molecule has 2 N–H and O–H groups in total. The molecule has 4 rings (SSSR count). The first-order valence-electron chi connectivity index (χ1n) is 11.4. The summed E-state index contributed by atoms with van der Waals surface area (Å²) in [6.07, 6.45) is 4.78. The van der Waals surface area contributed by atoms with Crippen molar-refractivity contribution in [3.63, 3.8) is 0 Å². The van der Waals surface area contributed by atoms with Crippen molar-refractivity contribution < 1.29 is 9.66 Å². The fraction of sp³-hybridized carbons (Fsp3) is 0.250. The van der Waals surface area contributed by atoms with Crippen LogP contribution in [0.15, 0.2) is 61.1 Å². The molecule has 0 unspecified atom stereocenters. The van der Waals surface area contributed by atoms with E-state index in [0.717, 1.165) is 17.9 Å². The predicted molar refractivity (Wildman–Crippen MR) is 141 cm³/mol. The van der Waals surface area contributed by atoms with E-state index < -0.39 is 4.92 Å². The Kier molecular flexibility index (Phi) is 7.74. The lowest BCUT2D eigenvalue weighted by molar-refractivity contribution is -0.384. The van der Waals surface area contributed by atoms with Crippen molar-refractivity contribution in [2.45, 2.75) is 0 Å². The molecule has 0 saturated heterocycles. The molecule has 4 aromatic rings.